The summed E-state index contributed by atoms with van der Waals surface area (Å²) in [6.07, 6.45) is 2.17. The molecule has 4 aromatic rings. The molecule has 0 spiro atoms. The minimum Gasteiger partial charge on any atom is -1.00 e. The molecule has 0 unspecified atom stereocenters. The second kappa shape index (κ2) is 10.5. The van der Waals surface area contributed by atoms with Crippen molar-refractivity contribution in [1.82, 2.24) is 10.1 Å². The van der Waals surface area contributed by atoms with E-state index in [0.29, 0.717) is 40.8 Å². The van der Waals surface area contributed by atoms with E-state index in [-0.39, 0.29) is 30.2 Å². The second-order valence-corrected chi connectivity index (χ2v) is 10.5. The first-order chi connectivity index (χ1) is 18.0. The van der Waals surface area contributed by atoms with Crippen LogP contribution in [0.2, 0.25) is 0 Å². The smallest absolute Gasteiger partial charge is 0.282 e. The summed E-state index contributed by atoms with van der Waals surface area (Å²) in [5.74, 6) is 1.73. The summed E-state index contributed by atoms with van der Waals surface area (Å²) in [6.45, 7) is 5.22. The van der Waals surface area contributed by atoms with Gasteiger partial charge in [0.25, 0.3) is 5.89 Å². The molecule has 3 fully saturated rings. The number of quaternary nitrogens is 1. The van der Waals surface area contributed by atoms with Crippen molar-refractivity contribution < 1.29 is 35.6 Å². The van der Waals surface area contributed by atoms with E-state index in [4.69, 9.17) is 14.2 Å². The molecule has 198 valence electrons. The summed E-state index contributed by atoms with van der Waals surface area (Å²) in [5, 5.41) is 16.3. The Balaban J connectivity index is 0.00000294. The molecule has 1 atom stereocenters. The van der Waals surface area contributed by atoms with Crippen molar-refractivity contribution in [3.63, 3.8) is 0 Å². The molecular formula is C30H31ClFN3O3. The van der Waals surface area contributed by atoms with E-state index in [9.17, 15) is 9.50 Å². The largest absolute Gasteiger partial charge is 1.00 e. The number of ether oxygens (including phenoxy) is 1. The third-order valence-corrected chi connectivity index (χ3v) is 8.10. The fraction of sp³-hybridized carbons (Fsp3) is 0.333. The highest BCUT2D eigenvalue weighted by Gasteiger charge is 2.48. The zero-order chi connectivity index (χ0) is 25.5. The van der Waals surface area contributed by atoms with Crippen LogP contribution in [0.3, 0.4) is 0 Å². The van der Waals surface area contributed by atoms with Gasteiger partial charge in [-0.3, -0.25) is 0 Å². The van der Waals surface area contributed by atoms with Gasteiger partial charge < -0.3 is 31.3 Å². The molecule has 0 saturated carbocycles. The average molecular weight is 536 g/mol. The Morgan fingerprint density at radius 2 is 1.63 bits per heavy atom. The molecule has 3 aliphatic heterocycles. The van der Waals surface area contributed by atoms with Crippen LogP contribution in [0.25, 0.3) is 0 Å². The Labute approximate surface area is 228 Å². The molecule has 1 aromatic heterocycles. The molecule has 3 aromatic carbocycles. The van der Waals surface area contributed by atoms with Gasteiger partial charge in [-0.25, -0.2) is 4.39 Å². The first-order valence-electron chi connectivity index (χ1n) is 12.9. The van der Waals surface area contributed by atoms with Crippen LogP contribution in [-0.4, -0.2) is 45.5 Å². The number of aliphatic hydroxyl groups is 1. The molecular weight excluding hydrogens is 505 g/mol. The Kier molecular flexibility index (Phi) is 7.27. The number of aryl methyl sites for hydroxylation is 1. The van der Waals surface area contributed by atoms with E-state index in [2.05, 4.69) is 5.16 Å². The van der Waals surface area contributed by atoms with Crippen LogP contribution in [-0.2, 0) is 12.1 Å². The Bertz CT molecular complexity index is 1330. The van der Waals surface area contributed by atoms with Gasteiger partial charge in [0.2, 0.25) is 5.82 Å². The van der Waals surface area contributed by atoms with Gasteiger partial charge >= 0.3 is 0 Å². The van der Waals surface area contributed by atoms with E-state index in [1.807, 2.05) is 60.7 Å². The first kappa shape index (κ1) is 26.4. The molecule has 4 heterocycles. The van der Waals surface area contributed by atoms with Crippen molar-refractivity contribution in [2.75, 3.05) is 19.6 Å². The third-order valence-electron chi connectivity index (χ3n) is 8.10. The molecule has 1 N–H and O–H groups in total. The fourth-order valence-corrected chi connectivity index (χ4v) is 5.98. The van der Waals surface area contributed by atoms with E-state index in [1.165, 1.54) is 6.07 Å². The van der Waals surface area contributed by atoms with Gasteiger partial charge in [-0.2, -0.15) is 4.98 Å². The van der Waals surface area contributed by atoms with Gasteiger partial charge in [0, 0.05) is 18.8 Å². The molecule has 3 aliphatic rings. The molecule has 0 aliphatic carbocycles. The number of piperidine rings is 3. The second-order valence-electron chi connectivity index (χ2n) is 10.5. The van der Waals surface area contributed by atoms with Gasteiger partial charge in [-0.15, -0.1) is 0 Å². The van der Waals surface area contributed by atoms with Crippen LogP contribution >= 0.6 is 0 Å². The highest BCUT2D eigenvalue weighted by Crippen LogP contribution is 2.39. The molecule has 0 radical (unpaired) electrons. The predicted octanol–water partition coefficient (Wildman–Crippen LogP) is 1.99. The van der Waals surface area contributed by atoms with Crippen LogP contribution in [0, 0.1) is 18.7 Å². The third kappa shape index (κ3) is 4.82. The zero-order valence-corrected chi connectivity index (χ0v) is 22.0. The van der Waals surface area contributed by atoms with Gasteiger partial charge in [0.15, 0.2) is 18.2 Å². The summed E-state index contributed by atoms with van der Waals surface area (Å²) < 4.78 is 26.7. The number of hydrogen-bond donors (Lipinski definition) is 1. The zero-order valence-electron chi connectivity index (χ0n) is 21.3. The number of hydrogen-bond acceptors (Lipinski definition) is 5. The van der Waals surface area contributed by atoms with Crippen molar-refractivity contribution in [3.05, 3.63) is 113 Å². The maximum Gasteiger partial charge on any atom is 0.282 e. The summed E-state index contributed by atoms with van der Waals surface area (Å²) in [7, 11) is 0. The summed E-state index contributed by atoms with van der Waals surface area (Å²) in [6, 6.07) is 23.8. The van der Waals surface area contributed by atoms with Gasteiger partial charge in [-0.05, 0) is 41.8 Å². The van der Waals surface area contributed by atoms with Crippen molar-refractivity contribution in [3.8, 4) is 5.75 Å². The number of halogens is 2. The van der Waals surface area contributed by atoms with E-state index in [1.54, 1.807) is 19.1 Å². The SMILES string of the molecule is Cc1cc(O[C@H]2C[N+]3(Cc4nc(C(O)(c5ccccc5)c5ccccc5)no4)CCC2CC3)ccc1F.[Cl-]. The lowest BCUT2D eigenvalue weighted by Crippen LogP contribution is -3.00. The van der Waals surface area contributed by atoms with Crippen LogP contribution < -0.4 is 17.1 Å². The van der Waals surface area contributed by atoms with Crippen LogP contribution in [0.5, 0.6) is 5.75 Å². The topological polar surface area (TPSA) is 68.4 Å². The highest BCUT2D eigenvalue weighted by atomic mass is 35.5. The van der Waals surface area contributed by atoms with E-state index in [0.717, 1.165) is 37.0 Å². The lowest BCUT2D eigenvalue weighted by molar-refractivity contribution is -0.959. The van der Waals surface area contributed by atoms with Crippen molar-refractivity contribution in [2.45, 2.75) is 38.0 Å². The number of aromatic nitrogens is 2. The van der Waals surface area contributed by atoms with Gasteiger partial charge in [0.05, 0.1) is 13.1 Å². The van der Waals surface area contributed by atoms with Crippen LogP contribution in [0.15, 0.2) is 83.4 Å². The molecule has 6 nitrogen and oxygen atoms in total. The number of benzene rings is 3. The van der Waals surface area contributed by atoms with E-state index < -0.39 is 5.60 Å². The minimum atomic E-state index is -1.52. The monoisotopic (exact) mass is 535 g/mol. The number of nitrogens with zero attached hydrogens (tertiary/aromatic N) is 3. The predicted molar refractivity (Wildman–Crippen MR) is 136 cm³/mol. The quantitative estimate of drug-likeness (QED) is 0.367. The summed E-state index contributed by atoms with van der Waals surface area (Å²) >= 11 is 0. The number of fused-ring (bicyclic) bond motifs is 3. The molecule has 0 amide bonds. The number of rotatable bonds is 7. The Hall–Kier alpha value is -3.26. The highest BCUT2D eigenvalue weighted by molar-refractivity contribution is 5.42. The lowest BCUT2D eigenvalue weighted by Gasteiger charge is -2.51. The maximum atomic E-state index is 13.7. The molecule has 8 heteroatoms. The van der Waals surface area contributed by atoms with Crippen molar-refractivity contribution >= 4 is 0 Å². The first-order valence-corrected chi connectivity index (χ1v) is 12.9. The van der Waals surface area contributed by atoms with Gasteiger partial charge in [0.1, 0.15) is 18.1 Å². The Morgan fingerprint density at radius 1 is 1.00 bits per heavy atom. The molecule has 3 saturated heterocycles. The van der Waals surface area contributed by atoms with Gasteiger partial charge in [-0.1, -0.05) is 65.8 Å². The minimum absolute atomic E-state index is 0. The lowest BCUT2D eigenvalue weighted by atomic mass is 9.83. The summed E-state index contributed by atoms with van der Waals surface area (Å²) in [5.41, 5.74) is 0.431. The fourth-order valence-electron chi connectivity index (χ4n) is 5.98. The van der Waals surface area contributed by atoms with Crippen LogP contribution in [0.4, 0.5) is 4.39 Å². The molecule has 7 rings (SSSR count). The van der Waals surface area contributed by atoms with Crippen LogP contribution in [0.1, 0.15) is 41.2 Å². The van der Waals surface area contributed by atoms with Crippen molar-refractivity contribution in [1.29, 1.82) is 0 Å². The average Bonchev–Trinajstić information content (AvgIpc) is 3.40. The Morgan fingerprint density at radius 3 is 2.24 bits per heavy atom. The van der Waals surface area contributed by atoms with Crippen molar-refractivity contribution in [2.24, 2.45) is 5.92 Å². The van der Waals surface area contributed by atoms with E-state index >= 15 is 0 Å². The summed E-state index contributed by atoms with van der Waals surface area (Å²) in [4.78, 5) is 4.74. The molecule has 38 heavy (non-hydrogen) atoms. The standard InChI is InChI=1S/C30H31FN3O3.ClH/c1-21-18-25(12-13-26(21)31)36-27-19-34(16-14-22(27)15-17-34)20-28-32-29(33-37-28)30(35,23-8-4-2-5-9-23)24-10-6-3-7-11-24;/h2-13,18,22,27,35H,14-17,19-20H2,1H3;1H/q+1;/p-1/t22?,27-,34?;/m0./s1. The molecule has 2 bridgehead atoms. The normalized spacial score (nSPS) is 22.6. The maximum absolute atomic E-state index is 13.7.